The van der Waals surface area contributed by atoms with Crippen molar-refractivity contribution in [2.75, 3.05) is 18.8 Å². The van der Waals surface area contributed by atoms with E-state index >= 15 is 0 Å². The van der Waals surface area contributed by atoms with Gasteiger partial charge in [0.2, 0.25) is 10.0 Å². The Hall–Kier alpha value is -1.60. The SMILES string of the molecule is CCS(=O)(=O)NCCNC(=O)c1cc(C(C)C)ccc1O. The van der Waals surface area contributed by atoms with Crippen LogP contribution in [0.5, 0.6) is 5.75 Å². The Morgan fingerprint density at radius 1 is 1.29 bits per heavy atom. The number of carbonyl (C=O) groups is 1. The van der Waals surface area contributed by atoms with E-state index in [-0.39, 0.29) is 36.1 Å². The van der Waals surface area contributed by atoms with Gasteiger partial charge in [-0.05, 0) is 30.5 Å². The van der Waals surface area contributed by atoms with Crippen LogP contribution in [0.1, 0.15) is 42.6 Å². The van der Waals surface area contributed by atoms with Gasteiger partial charge in [0.05, 0.1) is 11.3 Å². The minimum absolute atomic E-state index is 0.00182. The van der Waals surface area contributed by atoms with Gasteiger partial charge in [-0.2, -0.15) is 0 Å². The number of phenolic OH excluding ortho intramolecular Hbond substituents is 1. The Kier molecular flexibility index (Phi) is 6.17. The maximum absolute atomic E-state index is 12.0. The van der Waals surface area contributed by atoms with E-state index in [2.05, 4.69) is 10.0 Å². The lowest BCUT2D eigenvalue weighted by atomic mass is 10.00. The summed E-state index contributed by atoms with van der Waals surface area (Å²) >= 11 is 0. The highest BCUT2D eigenvalue weighted by atomic mass is 32.2. The first-order chi connectivity index (χ1) is 9.76. The van der Waals surface area contributed by atoms with Crippen LogP contribution >= 0.6 is 0 Å². The number of nitrogens with one attached hydrogen (secondary N) is 2. The monoisotopic (exact) mass is 314 g/mol. The summed E-state index contributed by atoms with van der Waals surface area (Å²) in [4.78, 5) is 12.0. The van der Waals surface area contributed by atoms with E-state index in [1.54, 1.807) is 12.1 Å². The van der Waals surface area contributed by atoms with Gasteiger partial charge in [0, 0.05) is 13.1 Å². The maximum Gasteiger partial charge on any atom is 0.255 e. The molecule has 0 bridgehead atoms. The molecule has 3 N–H and O–H groups in total. The highest BCUT2D eigenvalue weighted by molar-refractivity contribution is 7.89. The first-order valence-corrected chi connectivity index (χ1v) is 8.50. The third-order valence-electron chi connectivity index (χ3n) is 3.04. The molecule has 0 atom stereocenters. The molecular weight excluding hydrogens is 292 g/mol. The number of phenols is 1. The van der Waals surface area contributed by atoms with E-state index in [9.17, 15) is 18.3 Å². The number of hydrogen-bond donors (Lipinski definition) is 3. The van der Waals surface area contributed by atoms with Gasteiger partial charge in [0.15, 0.2) is 0 Å². The van der Waals surface area contributed by atoms with Crippen molar-refractivity contribution in [1.82, 2.24) is 10.0 Å². The molecule has 1 aromatic rings. The summed E-state index contributed by atoms with van der Waals surface area (Å²) in [6.45, 7) is 5.80. The molecule has 21 heavy (non-hydrogen) atoms. The van der Waals surface area contributed by atoms with Crippen LogP contribution in [0.2, 0.25) is 0 Å². The van der Waals surface area contributed by atoms with Crippen molar-refractivity contribution in [1.29, 1.82) is 0 Å². The summed E-state index contributed by atoms with van der Waals surface area (Å²) in [5.74, 6) is -0.275. The van der Waals surface area contributed by atoms with Crippen LogP contribution in [0.4, 0.5) is 0 Å². The minimum Gasteiger partial charge on any atom is -0.507 e. The van der Waals surface area contributed by atoms with Crippen molar-refractivity contribution in [3.63, 3.8) is 0 Å². The highest BCUT2D eigenvalue weighted by Crippen LogP contribution is 2.23. The van der Waals surface area contributed by atoms with Gasteiger partial charge in [0.1, 0.15) is 5.75 Å². The largest absolute Gasteiger partial charge is 0.507 e. The van der Waals surface area contributed by atoms with Gasteiger partial charge in [-0.3, -0.25) is 4.79 Å². The van der Waals surface area contributed by atoms with Crippen LogP contribution < -0.4 is 10.0 Å². The molecule has 0 heterocycles. The molecule has 0 aliphatic carbocycles. The van der Waals surface area contributed by atoms with Gasteiger partial charge < -0.3 is 10.4 Å². The van der Waals surface area contributed by atoms with Gasteiger partial charge >= 0.3 is 0 Å². The first-order valence-electron chi connectivity index (χ1n) is 6.85. The predicted molar refractivity (Wildman–Crippen MR) is 82.0 cm³/mol. The molecule has 6 nitrogen and oxygen atoms in total. The van der Waals surface area contributed by atoms with E-state index in [1.807, 2.05) is 13.8 Å². The molecule has 1 rings (SSSR count). The van der Waals surface area contributed by atoms with Crippen LogP contribution in [-0.2, 0) is 10.0 Å². The van der Waals surface area contributed by atoms with Crippen LogP contribution in [0.15, 0.2) is 18.2 Å². The number of aromatic hydroxyl groups is 1. The van der Waals surface area contributed by atoms with Gasteiger partial charge in [0.25, 0.3) is 5.91 Å². The van der Waals surface area contributed by atoms with Crippen molar-refractivity contribution in [3.8, 4) is 5.75 Å². The van der Waals surface area contributed by atoms with Gasteiger partial charge in [-0.15, -0.1) is 0 Å². The average Bonchev–Trinajstić information content (AvgIpc) is 2.43. The average molecular weight is 314 g/mol. The molecule has 0 aliphatic heterocycles. The number of rotatable bonds is 7. The fourth-order valence-electron chi connectivity index (χ4n) is 1.67. The zero-order valence-corrected chi connectivity index (χ0v) is 13.3. The Bertz CT molecular complexity index is 597. The molecule has 0 radical (unpaired) electrons. The van der Waals surface area contributed by atoms with Crippen LogP contribution in [0.3, 0.4) is 0 Å². The fourth-order valence-corrected chi connectivity index (χ4v) is 2.29. The summed E-state index contributed by atoms with van der Waals surface area (Å²) in [7, 11) is -3.26. The zero-order valence-electron chi connectivity index (χ0n) is 12.5. The second-order valence-electron chi connectivity index (χ2n) is 4.98. The fraction of sp³-hybridized carbons (Fsp3) is 0.500. The molecule has 0 saturated heterocycles. The first kappa shape index (κ1) is 17.5. The molecular formula is C14H22N2O4S. The molecule has 0 saturated carbocycles. The second-order valence-corrected chi connectivity index (χ2v) is 7.08. The Morgan fingerprint density at radius 3 is 2.52 bits per heavy atom. The summed E-state index contributed by atoms with van der Waals surface area (Å²) in [5.41, 5.74) is 1.14. The molecule has 0 aliphatic rings. The van der Waals surface area contributed by atoms with E-state index < -0.39 is 15.9 Å². The minimum atomic E-state index is -3.26. The maximum atomic E-state index is 12.0. The molecule has 0 aromatic heterocycles. The molecule has 7 heteroatoms. The van der Waals surface area contributed by atoms with Crippen molar-refractivity contribution >= 4 is 15.9 Å². The third kappa shape index (κ3) is 5.35. The number of amides is 1. The number of benzene rings is 1. The molecule has 118 valence electrons. The zero-order chi connectivity index (χ0) is 16.0. The number of carbonyl (C=O) groups excluding carboxylic acids is 1. The standard InChI is InChI=1S/C14H22N2O4S/c1-4-21(19,20)16-8-7-15-14(18)12-9-11(10(2)3)5-6-13(12)17/h5-6,9-10,16-17H,4,7-8H2,1-3H3,(H,15,18). The second kappa shape index (κ2) is 7.42. The Balaban J connectivity index is 2.62. The number of sulfonamides is 1. The normalized spacial score (nSPS) is 11.6. The summed E-state index contributed by atoms with van der Waals surface area (Å²) in [6.07, 6.45) is 0. The summed E-state index contributed by atoms with van der Waals surface area (Å²) in [5, 5.41) is 12.3. The van der Waals surface area contributed by atoms with Crippen molar-refractivity contribution in [3.05, 3.63) is 29.3 Å². The predicted octanol–water partition coefficient (Wildman–Crippen LogP) is 1.18. The van der Waals surface area contributed by atoms with Gasteiger partial charge in [-0.1, -0.05) is 19.9 Å². The third-order valence-corrected chi connectivity index (χ3v) is 4.45. The van der Waals surface area contributed by atoms with E-state index in [0.717, 1.165) is 5.56 Å². The molecule has 0 spiro atoms. The van der Waals surface area contributed by atoms with Crippen LogP contribution in [0.25, 0.3) is 0 Å². The quantitative estimate of drug-likeness (QED) is 0.659. The smallest absolute Gasteiger partial charge is 0.255 e. The molecule has 0 unspecified atom stereocenters. The lowest BCUT2D eigenvalue weighted by Gasteiger charge is -2.11. The van der Waals surface area contributed by atoms with Crippen molar-refractivity contribution in [2.45, 2.75) is 26.7 Å². The molecule has 0 fully saturated rings. The van der Waals surface area contributed by atoms with Crippen LogP contribution in [0, 0.1) is 0 Å². The Labute approximate surface area is 125 Å². The van der Waals surface area contributed by atoms with E-state index in [1.165, 1.54) is 13.0 Å². The molecule has 1 aromatic carbocycles. The van der Waals surface area contributed by atoms with Crippen LogP contribution in [-0.4, -0.2) is 38.3 Å². The summed E-state index contributed by atoms with van der Waals surface area (Å²) < 4.78 is 24.8. The van der Waals surface area contributed by atoms with Crippen molar-refractivity contribution < 1.29 is 18.3 Å². The van der Waals surface area contributed by atoms with E-state index in [0.29, 0.717) is 0 Å². The Morgan fingerprint density at radius 2 is 1.95 bits per heavy atom. The highest BCUT2D eigenvalue weighted by Gasteiger charge is 2.13. The van der Waals surface area contributed by atoms with Gasteiger partial charge in [-0.25, -0.2) is 13.1 Å². The summed E-state index contributed by atoms with van der Waals surface area (Å²) in [6, 6.07) is 4.90. The molecule has 1 amide bonds. The lowest BCUT2D eigenvalue weighted by Crippen LogP contribution is -2.35. The number of hydrogen-bond acceptors (Lipinski definition) is 4. The topological polar surface area (TPSA) is 95.5 Å². The lowest BCUT2D eigenvalue weighted by molar-refractivity contribution is 0.0951. The van der Waals surface area contributed by atoms with Crippen molar-refractivity contribution in [2.24, 2.45) is 0 Å². The van der Waals surface area contributed by atoms with E-state index in [4.69, 9.17) is 0 Å².